The number of phenolic OH excluding ortho intramolecular Hbond substituents is 1. The Kier molecular flexibility index (Phi) is 4.56. The third-order valence-corrected chi connectivity index (χ3v) is 4.16. The molecule has 2 heterocycles. The van der Waals surface area contributed by atoms with Crippen molar-refractivity contribution >= 4 is 11.8 Å². The first kappa shape index (κ1) is 16.8. The number of hydrogen-bond donors (Lipinski definition) is 3. The Morgan fingerprint density at radius 1 is 1.16 bits per heavy atom. The summed E-state index contributed by atoms with van der Waals surface area (Å²) in [7, 11) is 1.91. The molecule has 3 aromatic rings. The molecule has 0 unspecified atom stereocenters. The predicted molar refractivity (Wildman–Crippen MR) is 98.4 cm³/mol. The fraction of sp³-hybridized carbons (Fsp3) is 0.278. The number of aromatic hydroxyl groups is 1. The van der Waals surface area contributed by atoms with Gasteiger partial charge in [-0.2, -0.15) is 10.1 Å². The molecule has 0 saturated heterocycles. The summed E-state index contributed by atoms with van der Waals surface area (Å²) >= 11 is 0. The Hall–Kier alpha value is -3.09. The molecule has 7 heteroatoms. The van der Waals surface area contributed by atoms with Crippen LogP contribution in [0.15, 0.2) is 30.3 Å². The van der Waals surface area contributed by atoms with E-state index < -0.39 is 0 Å². The molecule has 7 nitrogen and oxygen atoms in total. The van der Waals surface area contributed by atoms with Crippen molar-refractivity contribution in [1.29, 1.82) is 0 Å². The highest BCUT2D eigenvalue weighted by Crippen LogP contribution is 2.26. The van der Waals surface area contributed by atoms with E-state index in [-0.39, 0.29) is 11.7 Å². The van der Waals surface area contributed by atoms with Crippen LogP contribution >= 0.6 is 0 Å². The van der Waals surface area contributed by atoms with Crippen molar-refractivity contribution in [2.24, 2.45) is 7.05 Å². The maximum Gasteiger partial charge on any atom is 0.222 e. The Labute approximate surface area is 146 Å². The van der Waals surface area contributed by atoms with E-state index >= 15 is 0 Å². The van der Waals surface area contributed by atoms with E-state index in [0.717, 1.165) is 34.6 Å². The molecule has 1 aromatic carbocycles. The van der Waals surface area contributed by atoms with Gasteiger partial charge >= 0.3 is 0 Å². The minimum atomic E-state index is 0.229. The van der Waals surface area contributed by atoms with Gasteiger partial charge in [0, 0.05) is 30.9 Å². The number of nitrogens with one attached hydrogen (secondary N) is 1. The van der Waals surface area contributed by atoms with Gasteiger partial charge in [-0.3, -0.25) is 4.68 Å². The van der Waals surface area contributed by atoms with Crippen molar-refractivity contribution < 1.29 is 5.11 Å². The number of benzene rings is 1. The molecule has 0 radical (unpaired) electrons. The van der Waals surface area contributed by atoms with E-state index in [4.69, 9.17) is 5.73 Å². The first-order valence-corrected chi connectivity index (χ1v) is 8.11. The number of nitrogen functional groups attached to an aromatic ring is 1. The standard InChI is InChI=1S/C18H22N6O/c1-11-17(12(2)24(3)23-11)15-10-16(22-18(19)21-15)20-9-8-13-4-6-14(25)7-5-13/h4-7,10,25H,8-9H2,1-3H3,(H3,19,20,21,22). The van der Waals surface area contributed by atoms with E-state index in [2.05, 4.69) is 20.4 Å². The van der Waals surface area contributed by atoms with E-state index in [9.17, 15) is 5.11 Å². The molecule has 0 amide bonds. The fourth-order valence-electron chi connectivity index (χ4n) is 2.83. The maximum absolute atomic E-state index is 9.32. The second kappa shape index (κ2) is 6.80. The Morgan fingerprint density at radius 3 is 2.52 bits per heavy atom. The van der Waals surface area contributed by atoms with Gasteiger partial charge in [-0.25, -0.2) is 4.98 Å². The highest BCUT2D eigenvalue weighted by atomic mass is 16.3. The number of aryl methyl sites for hydroxylation is 2. The lowest BCUT2D eigenvalue weighted by Crippen LogP contribution is -2.08. The smallest absolute Gasteiger partial charge is 0.222 e. The van der Waals surface area contributed by atoms with Crippen molar-refractivity contribution in [3.63, 3.8) is 0 Å². The van der Waals surface area contributed by atoms with Gasteiger partial charge in [0.05, 0.1) is 11.4 Å². The molecule has 0 saturated carbocycles. The van der Waals surface area contributed by atoms with Crippen LogP contribution in [0.4, 0.5) is 11.8 Å². The Bertz CT molecular complexity index is 885. The third-order valence-electron chi connectivity index (χ3n) is 4.16. The minimum Gasteiger partial charge on any atom is -0.508 e. The number of nitrogens with zero attached hydrogens (tertiary/aromatic N) is 4. The van der Waals surface area contributed by atoms with Crippen LogP contribution in [0.1, 0.15) is 17.0 Å². The van der Waals surface area contributed by atoms with E-state index in [0.29, 0.717) is 12.4 Å². The summed E-state index contributed by atoms with van der Waals surface area (Å²) in [5.74, 6) is 1.18. The molecule has 0 atom stereocenters. The van der Waals surface area contributed by atoms with Crippen molar-refractivity contribution in [3.8, 4) is 17.0 Å². The Morgan fingerprint density at radius 2 is 1.88 bits per heavy atom. The number of phenols is 1. The van der Waals surface area contributed by atoms with Crippen molar-refractivity contribution in [3.05, 3.63) is 47.3 Å². The van der Waals surface area contributed by atoms with Gasteiger partial charge in [-0.05, 0) is 38.0 Å². The van der Waals surface area contributed by atoms with Crippen LogP contribution in [0.2, 0.25) is 0 Å². The fourth-order valence-corrected chi connectivity index (χ4v) is 2.83. The van der Waals surface area contributed by atoms with Gasteiger partial charge in [-0.1, -0.05) is 12.1 Å². The number of aromatic nitrogens is 4. The summed E-state index contributed by atoms with van der Waals surface area (Å²) in [6.45, 7) is 4.66. The first-order valence-electron chi connectivity index (χ1n) is 8.11. The second-order valence-electron chi connectivity index (χ2n) is 6.01. The van der Waals surface area contributed by atoms with Crippen molar-refractivity contribution in [2.45, 2.75) is 20.3 Å². The first-order chi connectivity index (χ1) is 11.9. The van der Waals surface area contributed by atoms with Crippen LogP contribution in [0.25, 0.3) is 11.3 Å². The third kappa shape index (κ3) is 3.71. The minimum absolute atomic E-state index is 0.229. The van der Waals surface area contributed by atoms with Gasteiger partial charge < -0.3 is 16.2 Å². The van der Waals surface area contributed by atoms with Gasteiger partial charge in [0.2, 0.25) is 5.95 Å². The molecule has 0 aliphatic carbocycles. The number of nitrogens with two attached hydrogens (primary N) is 1. The summed E-state index contributed by atoms with van der Waals surface area (Å²) < 4.78 is 1.83. The zero-order chi connectivity index (χ0) is 18.0. The normalized spacial score (nSPS) is 10.8. The van der Waals surface area contributed by atoms with E-state index in [1.807, 2.05) is 43.8 Å². The van der Waals surface area contributed by atoms with Crippen LogP contribution in [0.3, 0.4) is 0 Å². The number of rotatable bonds is 5. The predicted octanol–water partition coefficient (Wildman–Crippen LogP) is 2.44. The molecule has 0 fully saturated rings. The van der Waals surface area contributed by atoms with E-state index in [1.54, 1.807) is 12.1 Å². The zero-order valence-corrected chi connectivity index (χ0v) is 14.6. The van der Waals surface area contributed by atoms with Crippen molar-refractivity contribution in [2.75, 3.05) is 17.6 Å². The number of hydrogen-bond acceptors (Lipinski definition) is 6. The molecule has 0 aliphatic heterocycles. The molecule has 0 bridgehead atoms. The van der Waals surface area contributed by atoms with Gasteiger partial charge in [0.25, 0.3) is 0 Å². The zero-order valence-electron chi connectivity index (χ0n) is 14.6. The van der Waals surface area contributed by atoms with Gasteiger partial charge in [0.15, 0.2) is 0 Å². The molecular formula is C18H22N6O. The molecule has 25 heavy (non-hydrogen) atoms. The highest BCUT2D eigenvalue weighted by Gasteiger charge is 2.14. The summed E-state index contributed by atoms with van der Waals surface area (Å²) in [5, 5.41) is 17.0. The topological polar surface area (TPSA) is 102 Å². The summed E-state index contributed by atoms with van der Waals surface area (Å²) in [6.07, 6.45) is 0.810. The van der Waals surface area contributed by atoms with Crippen molar-refractivity contribution in [1.82, 2.24) is 19.7 Å². The maximum atomic E-state index is 9.32. The lowest BCUT2D eigenvalue weighted by Gasteiger charge is -2.09. The molecule has 130 valence electrons. The highest BCUT2D eigenvalue weighted by molar-refractivity contribution is 5.68. The van der Waals surface area contributed by atoms with Crippen LogP contribution < -0.4 is 11.1 Å². The van der Waals surface area contributed by atoms with Crippen LogP contribution in [0, 0.1) is 13.8 Å². The molecule has 4 N–H and O–H groups in total. The second-order valence-corrected chi connectivity index (χ2v) is 6.01. The molecule has 2 aromatic heterocycles. The van der Waals surface area contributed by atoms with Gasteiger partial charge in [0.1, 0.15) is 11.6 Å². The largest absolute Gasteiger partial charge is 0.508 e. The quantitative estimate of drug-likeness (QED) is 0.660. The molecule has 0 spiro atoms. The average molecular weight is 338 g/mol. The summed E-state index contributed by atoms with van der Waals surface area (Å²) in [4.78, 5) is 8.62. The van der Waals surface area contributed by atoms with Crippen LogP contribution in [0.5, 0.6) is 5.75 Å². The van der Waals surface area contributed by atoms with Crippen LogP contribution in [-0.4, -0.2) is 31.4 Å². The summed E-state index contributed by atoms with van der Waals surface area (Å²) in [6, 6.07) is 9.07. The Balaban J connectivity index is 1.76. The lowest BCUT2D eigenvalue weighted by atomic mass is 10.1. The van der Waals surface area contributed by atoms with Crippen LogP contribution in [-0.2, 0) is 13.5 Å². The molecule has 3 rings (SSSR count). The van der Waals surface area contributed by atoms with Gasteiger partial charge in [-0.15, -0.1) is 0 Å². The molecular weight excluding hydrogens is 316 g/mol. The average Bonchev–Trinajstić information content (AvgIpc) is 2.81. The monoisotopic (exact) mass is 338 g/mol. The lowest BCUT2D eigenvalue weighted by molar-refractivity contribution is 0.475. The van der Waals surface area contributed by atoms with E-state index in [1.165, 1.54) is 0 Å². The molecule has 0 aliphatic rings. The SMILES string of the molecule is Cc1nn(C)c(C)c1-c1cc(NCCc2ccc(O)cc2)nc(N)n1. The summed E-state index contributed by atoms with van der Waals surface area (Å²) in [5.41, 5.74) is 10.7. The number of anilines is 2.